The molecule has 0 saturated heterocycles. The van der Waals surface area contributed by atoms with Crippen LogP contribution in [0.25, 0.3) is 55.7 Å². The zero-order chi connectivity index (χ0) is 38.2. The Morgan fingerprint density at radius 2 is 1.63 bits per heavy atom. The predicted molar refractivity (Wildman–Crippen MR) is 225 cm³/mol. The number of rotatable bonds is 9. The fourth-order valence-electron chi connectivity index (χ4n) is 7.21. The Bertz CT molecular complexity index is 2370. The van der Waals surface area contributed by atoms with Crippen LogP contribution in [0.3, 0.4) is 0 Å². The number of hydrogen-bond acceptors (Lipinski definition) is 5. The minimum Gasteiger partial charge on any atom is -0.486 e. The topological polar surface area (TPSA) is 69.6 Å². The molecule has 54 heavy (non-hydrogen) atoms. The molecular formula is C46H55GeIrN5O-2. The van der Waals surface area contributed by atoms with Gasteiger partial charge in [-0.3, -0.25) is 9.97 Å². The minimum absolute atomic E-state index is 0. The van der Waals surface area contributed by atoms with Gasteiger partial charge in [-0.1, -0.05) is 44.6 Å². The summed E-state index contributed by atoms with van der Waals surface area (Å²) in [5, 5.41) is 2.15. The third kappa shape index (κ3) is 8.01. The Labute approximate surface area is 338 Å². The number of imidazole rings is 1. The Morgan fingerprint density at radius 1 is 0.870 bits per heavy atom. The maximum Gasteiger partial charge on any atom is 0.216 e. The number of aromatic nitrogens is 5. The van der Waals surface area contributed by atoms with Crippen molar-refractivity contribution < 1.29 is 24.5 Å². The van der Waals surface area contributed by atoms with Crippen molar-refractivity contribution in [1.29, 1.82) is 0 Å². The van der Waals surface area contributed by atoms with Crippen molar-refractivity contribution in [2.45, 2.75) is 110 Å². The summed E-state index contributed by atoms with van der Waals surface area (Å²) in [5.41, 5.74) is 10.6. The summed E-state index contributed by atoms with van der Waals surface area (Å²) >= 11 is -1.96. The van der Waals surface area contributed by atoms with Crippen LogP contribution in [0.1, 0.15) is 103 Å². The number of benzene rings is 2. The second-order valence-corrected chi connectivity index (χ2v) is 27.2. The first kappa shape index (κ1) is 41.5. The Balaban J connectivity index is 0.000000212. The van der Waals surface area contributed by atoms with Crippen molar-refractivity contribution in [3.63, 3.8) is 0 Å². The molecule has 1 radical (unpaired) electrons. The molecule has 0 N–H and O–H groups in total. The van der Waals surface area contributed by atoms with Crippen LogP contribution in [0.4, 0.5) is 0 Å². The molecule has 0 saturated carbocycles. The van der Waals surface area contributed by atoms with Crippen molar-refractivity contribution in [1.82, 2.24) is 24.5 Å². The summed E-state index contributed by atoms with van der Waals surface area (Å²) in [4.78, 5) is 18.9. The third-order valence-corrected chi connectivity index (χ3v) is 15.3. The van der Waals surface area contributed by atoms with Gasteiger partial charge >= 0.3 is 145 Å². The number of nitrogens with zero attached hydrogens (tertiary/aromatic N) is 5. The molecule has 5 aromatic heterocycles. The van der Waals surface area contributed by atoms with E-state index in [0.29, 0.717) is 28.9 Å². The van der Waals surface area contributed by atoms with Gasteiger partial charge in [-0.2, -0.15) is 0 Å². The molecule has 0 amide bonds. The van der Waals surface area contributed by atoms with E-state index in [-0.39, 0.29) is 20.1 Å². The summed E-state index contributed by atoms with van der Waals surface area (Å²) in [7, 11) is 0. The first-order valence-electron chi connectivity index (χ1n) is 19.2. The molecule has 0 spiro atoms. The second-order valence-electron chi connectivity index (χ2n) is 16.6. The van der Waals surface area contributed by atoms with Gasteiger partial charge in [0.25, 0.3) is 0 Å². The molecule has 2 aromatic carbocycles. The van der Waals surface area contributed by atoms with Crippen LogP contribution >= 0.6 is 0 Å². The first-order chi connectivity index (χ1) is 25.2. The molecule has 285 valence electrons. The number of pyridine rings is 3. The molecule has 0 aliphatic rings. The van der Waals surface area contributed by atoms with Crippen LogP contribution < -0.4 is 4.40 Å². The largest absolute Gasteiger partial charge is 0.486 e. The molecule has 0 bridgehead atoms. The summed E-state index contributed by atoms with van der Waals surface area (Å²) in [5.74, 6) is 9.42. The van der Waals surface area contributed by atoms with E-state index in [1.165, 1.54) is 17.5 Å². The Hall–Kier alpha value is -3.65. The van der Waals surface area contributed by atoms with E-state index in [1.54, 1.807) is 10.6 Å². The SMILES string of the molecule is CCC(C)(C)C(C)c1cc(-c2[c-]cccc2)nc[c]1[Ge]([CH3])([CH3])[CH3].CCn1c(-c2[c-]cc(C(C)C)c3c2oc2ncccc23)nc2ccnc(C(C)C)c21.[Ir]. The van der Waals surface area contributed by atoms with Gasteiger partial charge in [0.05, 0.1) is 28.1 Å². The molecule has 5 heterocycles. The van der Waals surface area contributed by atoms with E-state index in [1.807, 2.05) is 30.5 Å². The van der Waals surface area contributed by atoms with E-state index in [9.17, 15) is 0 Å². The number of furan rings is 1. The number of hydrogen-bond donors (Lipinski definition) is 0. The Kier molecular flexibility index (Phi) is 12.8. The van der Waals surface area contributed by atoms with Gasteiger partial charge in [0.2, 0.25) is 5.71 Å². The fraction of sp³-hybridized carbons (Fsp3) is 0.391. The van der Waals surface area contributed by atoms with E-state index in [0.717, 1.165) is 62.3 Å². The zero-order valence-electron chi connectivity index (χ0n) is 34.1. The van der Waals surface area contributed by atoms with E-state index < -0.39 is 13.3 Å². The van der Waals surface area contributed by atoms with Gasteiger partial charge in [0.15, 0.2) is 0 Å². The van der Waals surface area contributed by atoms with Crippen LogP contribution in [-0.4, -0.2) is 37.8 Å². The van der Waals surface area contributed by atoms with Gasteiger partial charge in [0.1, 0.15) is 0 Å². The molecule has 0 aliphatic carbocycles. The van der Waals surface area contributed by atoms with Crippen LogP contribution in [0.15, 0.2) is 77.6 Å². The third-order valence-electron chi connectivity index (χ3n) is 11.0. The molecular weight excluding hydrogens is 903 g/mol. The van der Waals surface area contributed by atoms with Crippen molar-refractivity contribution in [2.24, 2.45) is 5.41 Å². The molecule has 6 nitrogen and oxygen atoms in total. The van der Waals surface area contributed by atoms with Gasteiger partial charge in [-0.05, 0) is 31.0 Å². The van der Waals surface area contributed by atoms with Gasteiger partial charge in [0, 0.05) is 44.4 Å². The summed E-state index contributed by atoms with van der Waals surface area (Å²) in [6.45, 7) is 21.1. The molecule has 0 fully saturated rings. The maximum absolute atomic E-state index is 6.29. The van der Waals surface area contributed by atoms with Gasteiger partial charge in [-0.25, -0.2) is 4.98 Å². The standard InChI is InChI=1S/C25H25N4O.C21H30GeN.Ir/c1-6-29-22-19(11-13-26-21(22)15(4)5)28-24(29)18-10-9-16(14(2)3)20-17-8-7-12-27-25(17)30-23(18)20;1-8-21(3,4)16(2)18-14-20(17-12-10-9-11-13-17)23-15-19(18)22(5,6)7;/h7-9,11-15H,6H2,1-5H3;9-12,14-16H,8H2,1-7H3;/q2*-1;. The molecule has 7 rings (SSSR count). The van der Waals surface area contributed by atoms with Gasteiger partial charge < -0.3 is 8.98 Å². The molecule has 7 aromatic rings. The summed E-state index contributed by atoms with van der Waals surface area (Å²) in [6.07, 6.45) is 6.96. The van der Waals surface area contributed by atoms with Crippen molar-refractivity contribution >= 4 is 50.8 Å². The van der Waals surface area contributed by atoms with Gasteiger partial charge in [-0.15, -0.1) is 17.7 Å². The van der Waals surface area contributed by atoms with Crippen molar-refractivity contribution in [3.8, 4) is 22.6 Å². The van der Waals surface area contributed by atoms with Crippen molar-refractivity contribution in [3.05, 3.63) is 102 Å². The van der Waals surface area contributed by atoms with E-state index >= 15 is 0 Å². The molecule has 8 heteroatoms. The van der Waals surface area contributed by atoms with Crippen LogP contribution in [0.5, 0.6) is 0 Å². The average Bonchev–Trinajstić information content (AvgIpc) is 3.73. The monoisotopic (exact) mass is 960 g/mol. The quantitative estimate of drug-likeness (QED) is 0.106. The predicted octanol–water partition coefficient (Wildman–Crippen LogP) is 12.1. The van der Waals surface area contributed by atoms with Crippen LogP contribution in [-0.2, 0) is 26.7 Å². The number of fused-ring (bicyclic) bond motifs is 4. The average molecular weight is 959 g/mol. The van der Waals surface area contributed by atoms with E-state index in [2.05, 4.69) is 143 Å². The second kappa shape index (κ2) is 16.6. The van der Waals surface area contributed by atoms with Crippen LogP contribution in [0.2, 0.25) is 17.3 Å². The molecule has 1 atom stereocenters. The van der Waals surface area contributed by atoms with Crippen LogP contribution in [0, 0.1) is 17.5 Å². The maximum atomic E-state index is 6.29. The summed E-state index contributed by atoms with van der Waals surface area (Å²) < 4.78 is 10.1. The minimum atomic E-state index is -1.96. The molecule has 1 unspecified atom stereocenters. The Morgan fingerprint density at radius 3 is 2.26 bits per heavy atom. The fourth-order valence-corrected chi connectivity index (χ4v) is 10.6. The summed E-state index contributed by atoms with van der Waals surface area (Å²) in [6, 6.07) is 25.4. The van der Waals surface area contributed by atoms with Crippen molar-refractivity contribution in [2.75, 3.05) is 0 Å². The van der Waals surface area contributed by atoms with E-state index in [4.69, 9.17) is 14.4 Å². The first-order valence-corrected chi connectivity index (χ1v) is 26.6. The molecule has 0 aliphatic heterocycles. The normalized spacial score (nSPS) is 12.7. The smallest absolute Gasteiger partial charge is 0.216 e. The zero-order valence-corrected chi connectivity index (χ0v) is 38.5. The number of aryl methyl sites for hydroxylation is 1.